The molecular formula is C23H19N5O4S. The standard InChI is InChI=1S/C23H19N5O4S/c1-2-28-23(32)15-9-4-3-8-14(15)19(27-28)22(31)26-25-20(29)16-10-5-6-11-17(16)24-21(30)18-12-7-13-33-18/h3-13H,2H2,1H3,(H,24,30)(H,25,29)(H,26,31). The minimum atomic E-state index is -0.679. The molecule has 0 unspecified atom stereocenters. The number of benzene rings is 2. The summed E-state index contributed by atoms with van der Waals surface area (Å²) >= 11 is 1.28. The van der Waals surface area contributed by atoms with Crippen LogP contribution in [0, 0.1) is 0 Å². The van der Waals surface area contributed by atoms with Crippen LogP contribution in [0.1, 0.15) is 37.4 Å². The number of aromatic nitrogens is 2. The Hall–Kier alpha value is -4.31. The maximum absolute atomic E-state index is 12.8. The van der Waals surface area contributed by atoms with E-state index < -0.39 is 11.8 Å². The van der Waals surface area contributed by atoms with Gasteiger partial charge in [0.1, 0.15) is 0 Å². The minimum absolute atomic E-state index is 0.00614. The van der Waals surface area contributed by atoms with Crippen molar-refractivity contribution in [1.82, 2.24) is 20.6 Å². The third-order valence-corrected chi connectivity index (χ3v) is 5.71. The Morgan fingerprint density at radius 1 is 0.879 bits per heavy atom. The van der Waals surface area contributed by atoms with E-state index in [4.69, 9.17) is 0 Å². The van der Waals surface area contributed by atoms with Crippen molar-refractivity contribution in [1.29, 1.82) is 0 Å². The molecule has 0 bridgehead atoms. The number of nitrogens with zero attached hydrogens (tertiary/aromatic N) is 2. The van der Waals surface area contributed by atoms with Crippen LogP contribution in [0.5, 0.6) is 0 Å². The molecule has 3 N–H and O–H groups in total. The molecule has 4 rings (SSSR count). The van der Waals surface area contributed by atoms with E-state index >= 15 is 0 Å². The second-order valence-corrected chi connectivity index (χ2v) is 7.85. The first-order chi connectivity index (χ1) is 16.0. The number of thiophene rings is 1. The molecule has 0 fully saturated rings. The monoisotopic (exact) mass is 461 g/mol. The number of carbonyl (C=O) groups excluding carboxylic acids is 3. The highest BCUT2D eigenvalue weighted by Gasteiger charge is 2.19. The van der Waals surface area contributed by atoms with Crippen LogP contribution in [-0.2, 0) is 6.54 Å². The van der Waals surface area contributed by atoms with Crippen molar-refractivity contribution in [2.45, 2.75) is 13.5 Å². The first-order valence-electron chi connectivity index (χ1n) is 10.0. The SMILES string of the molecule is CCn1nc(C(=O)NNC(=O)c2ccccc2NC(=O)c2cccs2)c2ccccc2c1=O. The number of aryl methyl sites for hydroxylation is 1. The highest BCUT2D eigenvalue weighted by molar-refractivity contribution is 7.12. The fourth-order valence-corrected chi connectivity index (χ4v) is 3.86. The van der Waals surface area contributed by atoms with Gasteiger partial charge in [0.2, 0.25) is 0 Å². The zero-order valence-electron chi connectivity index (χ0n) is 17.5. The van der Waals surface area contributed by atoms with Crippen molar-refractivity contribution in [3.63, 3.8) is 0 Å². The van der Waals surface area contributed by atoms with E-state index in [0.29, 0.717) is 21.3 Å². The van der Waals surface area contributed by atoms with Crippen molar-refractivity contribution in [3.05, 3.63) is 92.5 Å². The molecular weight excluding hydrogens is 442 g/mol. The predicted octanol–water partition coefficient (Wildman–Crippen LogP) is 2.81. The molecule has 166 valence electrons. The third kappa shape index (κ3) is 4.51. The summed E-state index contributed by atoms with van der Waals surface area (Å²) in [6.45, 7) is 2.03. The van der Waals surface area contributed by atoms with Gasteiger partial charge in [-0.25, -0.2) is 4.68 Å². The largest absolute Gasteiger partial charge is 0.321 e. The second kappa shape index (κ2) is 9.45. The van der Waals surface area contributed by atoms with Crippen molar-refractivity contribution >= 4 is 45.5 Å². The van der Waals surface area contributed by atoms with Crippen molar-refractivity contribution in [3.8, 4) is 0 Å². The summed E-state index contributed by atoms with van der Waals surface area (Å²) in [5, 5.41) is 9.36. The summed E-state index contributed by atoms with van der Waals surface area (Å²) < 4.78 is 1.19. The number of fused-ring (bicyclic) bond motifs is 1. The van der Waals surface area contributed by atoms with E-state index in [9.17, 15) is 19.2 Å². The fourth-order valence-electron chi connectivity index (χ4n) is 3.24. The lowest BCUT2D eigenvalue weighted by molar-refractivity contribution is 0.0844. The average molecular weight is 462 g/mol. The summed E-state index contributed by atoms with van der Waals surface area (Å²) in [6.07, 6.45) is 0. The Morgan fingerprint density at radius 3 is 2.30 bits per heavy atom. The zero-order chi connectivity index (χ0) is 23.4. The number of carbonyl (C=O) groups is 3. The molecule has 0 aliphatic rings. The minimum Gasteiger partial charge on any atom is -0.321 e. The molecule has 0 saturated carbocycles. The molecule has 10 heteroatoms. The molecule has 4 aromatic rings. The van der Waals surface area contributed by atoms with Crippen LogP contribution < -0.4 is 21.7 Å². The molecule has 0 saturated heterocycles. The number of hydrogen-bond donors (Lipinski definition) is 3. The predicted molar refractivity (Wildman–Crippen MR) is 125 cm³/mol. The first-order valence-corrected chi connectivity index (χ1v) is 10.9. The van der Waals surface area contributed by atoms with Gasteiger partial charge in [-0.05, 0) is 36.6 Å². The number of nitrogens with one attached hydrogen (secondary N) is 3. The molecule has 2 aromatic heterocycles. The van der Waals surface area contributed by atoms with E-state index in [1.807, 2.05) is 0 Å². The lowest BCUT2D eigenvalue weighted by Gasteiger charge is -2.13. The summed E-state index contributed by atoms with van der Waals surface area (Å²) in [5.41, 5.74) is 4.86. The number of anilines is 1. The van der Waals surface area contributed by atoms with Crippen LogP contribution in [0.3, 0.4) is 0 Å². The van der Waals surface area contributed by atoms with Crippen LogP contribution in [0.4, 0.5) is 5.69 Å². The zero-order valence-corrected chi connectivity index (χ0v) is 18.3. The van der Waals surface area contributed by atoms with Crippen molar-refractivity contribution in [2.24, 2.45) is 0 Å². The Bertz CT molecular complexity index is 1410. The molecule has 2 heterocycles. The summed E-state index contributed by atoms with van der Waals surface area (Å²) in [7, 11) is 0. The maximum atomic E-state index is 12.8. The highest BCUT2D eigenvalue weighted by Crippen LogP contribution is 2.18. The van der Waals surface area contributed by atoms with Gasteiger partial charge < -0.3 is 5.32 Å². The Morgan fingerprint density at radius 2 is 1.58 bits per heavy atom. The van der Waals surface area contributed by atoms with Gasteiger partial charge in [0.05, 0.1) is 21.5 Å². The highest BCUT2D eigenvalue weighted by atomic mass is 32.1. The van der Waals surface area contributed by atoms with Crippen LogP contribution >= 0.6 is 11.3 Å². The van der Waals surface area contributed by atoms with E-state index in [2.05, 4.69) is 21.3 Å². The molecule has 0 aliphatic heterocycles. The molecule has 33 heavy (non-hydrogen) atoms. The molecule has 0 radical (unpaired) electrons. The van der Waals surface area contributed by atoms with Gasteiger partial charge in [-0.2, -0.15) is 5.10 Å². The number of hydrogen-bond acceptors (Lipinski definition) is 6. The smallest absolute Gasteiger partial charge is 0.290 e. The van der Waals surface area contributed by atoms with Crippen LogP contribution in [-0.4, -0.2) is 27.5 Å². The third-order valence-electron chi connectivity index (χ3n) is 4.84. The topological polar surface area (TPSA) is 122 Å². The van der Waals surface area contributed by atoms with Gasteiger partial charge in [0.25, 0.3) is 23.3 Å². The van der Waals surface area contributed by atoms with Gasteiger partial charge in [0.15, 0.2) is 5.69 Å². The van der Waals surface area contributed by atoms with E-state index in [0.717, 1.165) is 0 Å². The number of hydrazine groups is 1. The van der Waals surface area contributed by atoms with Gasteiger partial charge in [-0.3, -0.25) is 30.0 Å². The van der Waals surface area contributed by atoms with Gasteiger partial charge >= 0.3 is 0 Å². The molecule has 0 aliphatic carbocycles. The van der Waals surface area contributed by atoms with E-state index in [1.54, 1.807) is 66.9 Å². The number of para-hydroxylation sites is 1. The fraction of sp³-hybridized carbons (Fsp3) is 0.0870. The Balaban J connectivity index is 1.54. The van der Waals surface area contributed by atoms with E-state index in [-0.39, 0.29) is 29.3 Å². The number of amides is 3. The summed E-state index contributed by atoms with van der Waals surface area (Å²) in [6, 6.07) is 16.5. The van der Waals surface area contributed by atoms with Crippen molar-refractivity contribution in [2.75, 3.05) is 5.32 Å². The van der Waals surface area contributed by atoms with E-state index in [1.165, 1.54) is 22.1 Å². The maximum Gasteiger partial charge on any atom is 0.290 e. The normalized spacial score (nSPS) is 10.6. The summed E-state index contributed by atoms with van der Waals surface area (Å²) in [4.78, 5) is 50.9. The molecule has 9 nitrogen and oxygen atoms in total. The lowest BCUT2D eigenvalue weighted by atomic mass is 10.1. The second-order valence-electron chi connectivity index (χ2n) is 6.90. The van der Waals surface area contributed by atoms with Crippen LogP contribution in [0.15, 0.2) is 70.8 Å². The van der Waals surface area contributed by atoms with Crippen LogP contribution in [0.25, 0.3) is 10.8 Å². The lowest BCUT2D eigenvalue weighted by Crippen LogP contribution is -2.43. The van der Waals surface area contributed by atoms with Gasteiger partial charge in [-0.1, -0.05) is 36.4 Å². The molecule has 0 atom stereocenters. The molecule has 2 aromatic carbocycles. The average Bonchev–Trinajstić information content (AvgIpc) is 3.38. The number of rotatable bonds is 5. The van der Waals surface area contributed by atoms with Gasteiger partial charge in [0, 0.05) is 11.9 Å². The Kier molecular flexibility index (Phi) is 6.27. The van der Waals surface area contributed by atoms with Gasteiger partial charge in [-0.15, -0.1) is 11.3 Å². The van der Waals surface area contributed by atoms with Crippen LogP contribution in [0.2, 0.25) is 0 Å². The Labute approximate surface area is 192 Å². The van der Waals surface area contributed by atoms with Crippen molar-refractivity contribution < 1.29 is 14.4 Å². The molecule has 0 spiro atoms. The summed E-state index contributed by atoms with van der Waals surface area (Å²) in [5.74, 6) is -1.65. The molecule has 3 amide bonds. The quantitative estimate of drug-likeness (QED) is 0.395. The first kappa shape index (κ1) is 21.9.